The number of hydrogen-bond donors (Lipinski definition) is 1. The highest BCUT2D eigenvalue weighted by atomic mass is 16.5. The normalized spacial score (nSPS) is 23.0. The molecule has 0 aromatic heterocycles. The maximum absolute atomic E-state index is 12.0. The molecule has 1 aliphatic carbocycles. The van der Waals surface area contributed by atoms with E-state index in [0.29, 0.717) is 18.1 Å². The Bertz CT molecular complexity index is 762. The van der Waals surface area contributed by atoms with E-state index in [0.717, 1.165) is 37.9 Å². The van der Waals surface area contributed by atoms with Crippen molar-refractivity contribution in [2.45, 2.75) is 38.3 Å². The van der Waals surface area contributed by atoms with Gasteiger partial charge in [0, 0.05) is 18.2 Å². The molecule has 2 unspecified atom stereocenters. The summed E-state index contributed by atoms with van der Waals surface area (Å²) in [6.07, 6.45) is 6.93. The van der Waals surface area contributed by atoms with Crippen LogP contribution in [0.15, 0.2) is 53.6 Å². The Labute approximate surface area is 161 Å². The van der Waals surface area contributed by atoms with E-state index in [9.17, 15) is 10.1 Å². The van der Waals surface area contributed by atoms with Gasteiger partial charge in [0.1, 0.15) is 0 Å². The minimum absolute atomic E-state index is 0.0980. The number of allylic oxidation sites excluding steroid dienone is 1. The van der Waals surface area contributed by atoms with Crippen LogP contribution < -0.4 is 5.73 Å². The van der Waals surface area contributed by atoms with E-state index < -0.39 is 0 Å². The van der Waals surface area contributed by atoms with Gasteiger partial charge < -0.3 is 10.5 Å². The third kappa shape index (κ3) is 4.85. The van der Waals surface area contributed by atoms with Gasteiger partial charge in [0.2, 0.25) is 0 Å². The molecule has 2 aliphatic rings. The monoisotopic (exact) mass is 365 g/mol. The van der Waals surface area contributed by atoms with Crippen molar-refractivity contribution >= 4 is 5.97 Å². The molecule has 1 aromatic carbocycles. The predicted molar refractivity (Wildman–Crippen MR) is 105 cm³/mol. The van der Waals surface area contributed by atoms with Crippen molar-refractivity contribution in [1.82, 2.24) is 4.90 Å². The SMILES string of the molecule is C[C@@H](N)CC1=CC2CCN(CCCOC(=O)c3ccccc3)C2C(C#N)=C1. The van der Waals surface area contributed by atoms with Crippen LogP contribution in [0.2, 0.25) is 0 Å². The molecule has 0 amide bonds. The predicted octanol–water partition coefficient (Wildman–Crippen LogP) is 3.05. The van der Waals surface area contributed by atoms with Gasteiger partial charge in [0.15, 0.2) is 0 Å². The summed E-state index contributed by atoms with van der Waals surface area (Å²) in [4.78, 5) is 14.3. The van der Waals surface area contributed by atoms with E-state index in [1.807, 2.05) is 31.2 Å². The molecular weight excluding hydrogens is 338 g/mol. The molecule has 1 aliphatic heterocycles. The number of nitrogens with two attached hydrogens (primary N) is 1. The lowest BCUT2D eigenvalue weighted by Crippen LogP contribution is -2.36. The van der Waals surface area contributed by atoms with Crippen LogP contribution in [0.5, 0.6) is 0 Å². The molecule has 1 aromatic rings. The summed E-state index contributed by atoms with van der Waals surface area (Å²) in [5.41, 5.74) is 8.51. The first-order valence-electron chi connectivity index (χ1n) is 9.62. The molecule has 1 heterocycles. The van der Waals surface area contributed by atoms with E-state index in [-0.39, 0.29) is 18.1 Å². The summed E-state index contributed by atoms with van der Waals surface area (Å²) < 4.78 is 5.37. The van der Waals surface area contributed by atoms with Crippen molar-refractivity contribution in [2.75, 3.05) is 19.7 Å². The number of ether oxygens (including phenoxy) is 1. The number of nitriles is 1. The standard InChI is InChI=1S/C22H27N3O2/c1-16(24)12-17-13-19-8-10-25(21(19)20(14-17)15-23)9-5-11-27-22(26)18-6-3-2-4-7-18/h2-4,6-7,13-14,16,19,21H,5,8-12,24H2,1H3/t16-,19?,21?/m1/s1. The summed E-state index contributed by atoms with van der Waals surface area (Å²) in [7, 11) is 0. The fraction of sp³-hybridized carbons (Fsp3) is 0.455. The fourth-order valence-corrected chi connectivity index (χ4v) is 4.03. The molecule has 3 rings (SSSR count). The molecule has 5 heteroatoms. The van der Waals surface area contributed by atoms with E-state index >= 15 is 0 Å². The molecule has 0 bridgehead atoms. The van der Waals surface area contributed by atoms with Crippen LogP contribution in [0.1, 0.15) is 36.5 Å². The first kappa shape index (κ1) is 19.3. The van der Waals surface area contributed by atoms with Crippen molar-refractivity contribution in [3.05, 3.63) is 59.2 Å². The van der Waals surface area contributed by atoms with Gasteiger partial charge in [-0.2, -0.15) is 5.26 Å². The summed E-state index contributed by atoms with van der Waals surface area (Å²) in [5, 5.41) is 9.61. The van der Waals surface area contributed by atoms with Gasteiger partial charge in [-0.05, 0) is 62.4 Å². The Morgan fingerprint density at radius 3 is 2.89 bits per heavy atom. The zero-order valence-corrected chi connectivity index (χ0v) is 15.8. The number of hydrogen-bond acceptors (Lipinski definition) is 5. The molecular formula is C22H27N3O2. The van der Waals surface area contributed by atoms with Crippen LogP contribution in [0.4, 0.5) is 0 Å². The van der Waals surface area contributed by atoms with E-state index in [1.54, 1.807) is 12.1 Å². The lowest BCUT2D eigenvalue weighted by atomic mass is 9.85. The fourth-order valence-electron chi connectivity index (χ4n) is 4.03. The van der Waals surface area contributed by atoms with Crippen LogP contribution >= 0.6 is 0 Å². The second-order valence-corrected chi connectivity index (χ2v) is 7.42. The van der Waals surface area contributed by atoms with E-state index in [2.05, 4.69) is 17.0 Å². The Kier molecular flexibility index (Phi) is 6.44. The Morgan fingerprint density at radius 2 is 2.19 bits per heavy atom. The number of benzene rings is 1. The number of carbonyl (C=O) groups excluding carboxylic acids is 1. The van der Waals surface area contributed by atoms with Gasteiger partial charge in [-0.1, -0.05) is 24.3 Å². The first-order valence-corrected chi connectivity index (χ1v) is 9.62. The van der Waals surface area contributed by atoms with Crippen molar-refractivity contribution in [1.29, 1.82) is 5.26 Å². The highest BCUT2D eigenvalue weighted by molar-refractivity contribution is 5.89. The average Bonchev–Trinajstić information content (AvgIpc) is 3.07. The third-order valence-corrected chi connectivity index (χ3v) is 5.16. The van der Waals surface area contributed by atoms with Gasteiger partial charge in [-0.3, -0.25) is 4.90 Å². The maximum atomic E-state index is 12.0. The number of carbonyl (C=O) groups is 1. The highest BCUT2D eigenvalue weighted by Gasteiger charge is 2.37. The van der Waals surface area contributed by atoms with Gasteiger partial charge in [-0.25, -0.2) is 4.79 Å². The molecule has 27 heavy (non-hydrogen) atoms. The van der Waals surface area contributed by atoms with Gasteiger partial charge in [-0.15, -0.1) is 0 Å². The van der Waals surface area contributed by atoms with E-state index in [1.165, 1.54) is 5.57 Å². The second-order valence-electron chi connectivity index (χ2n) is 7.42. The van der Waals surface area contributed by atoms with Crippen LogP contribution in [0.25, 0.3) is 0 Å². The second kappa shape index (κ2) is 8.98. The molecule has 1 fully saturated rings. The minimum Gasteiger partial charge on any atom is -0.462 e. The largest absolute Gasteiger partial charge is 0.462 e. The smallest absolute Gasteiger partial charge is 0.338 e. The molecule has 0 radical (unpaired) electrons. The van der Waals surface area contributed by atoms with Gasteiger partial charge >= 0.3 is 5.97 Å². The van der Waals surface area contributed by atoms with Crippen molar-refractivity contribution < 1.29 is 9.53 Å². The summed E-state index contributed by atoms with van der Waals surface area (Å²) >= 11 is 0. The third-order valence-electron chi connectivity index (χ3n) is 5.16. The van der Waals surface area contributed by atoms with Gasteiger partial charge in [0.05, 0.1) is 24.3 Å². The van der Waals surface area contributed by atoms with Gasteiger partial charge in [0.25, 0.3) is 0 Å². The zero-order chi connectivity index (χ0) is 19.2. The topological polar surface area (TPSA) is 79.3 Å². The van der Waals surface area contributed by atoms with Crippen LogP contribution in [-0.2, 0) is 4.74 Å². The summed E-state index contributed by atoms with van der Waals surface area (Å²) in [5.74, 6) is 0.0962. The van der Waals surface area contributed by atoms with Crippen LogP contribution in [-0.4, -0.2) is 42.6 Å². The molecule has 1 saturated heterocycles. The molecule has 0 spiro atoms. The summed E-state index contributed by atoms with van der Waals surface area (Å²) in [6, 6.07) is 11.7. The van der Waals surface area contributed by atoms with Crippen molar-refractivity contribution in [3.63, 3.8) is 0 Å². The number of rotatable bonds is 7. The Morgan fingerprint density at radius 1 is 1.41 bits per heavy atom. The Balaban J connectivity index is 1.51. The Hall–Kier alpha value is -2.42. The van der Waals surface area contributed by atoms with Crippen molar-refractivity contribution in [2.24, 2.45) is 11.7 Å². The highest BCUT2D eigenvalue weighted by Crippen LogP contribution is 2.36. The molecule has 5 nitrogen and oxygen atoms in total. The lowest BCUT2D eigenvalue weighted by molar-refractivity contribution is 0.0487. The lowest BCUT2D eigenvalue weighted by Gasteiger charge is -2.30. The quantitative estimate of drug-likeness (QED) is 0.593. The molecule has 142 valence electrons. The molecule has 2 N–H and O–H groups in total. The van der Waals surface area contributed by atoms with Crippen LogP contribution in [0.3, 0.4) is 0 Å². The number of nitrogens with zero attached hydrogens (tertiary/aromatic N) is 2. The number of likely N-dealkylation sites (tertiary alicyclic amines) is 1. The van der Waals surface area contributed by atoms with Crippen molar-refractivity contribution in [3.8, 4) is 6.07 Å². The number of fused-ring (bicyclic) bond motifs is 1. The minimum atomic E-state index is -0.284. The molecule has 3 atom stereocenters. The average molecular weight is 365 g/mol. The number of esters is 1. The maximum Gasteiger partial charge on any atom is 0.338 e. The molecule has 0 saturated carbocycles. The summed E-state index contributed by atoms with van der Waals surface area (Å²) in [6.45, 7) is 4.16. The zero-order valence-electron chi connectivity index (χ0n) is 15.8. The van der Waals surface area contributed by atoms with Crippen LogP contribution in [0, 0.1) is 17.2 Å². The van der Waals surface area contributed by atoms with E-state index in [4.69, 9.17) is 10.5 Å². The first-order chi connectivity index (χ1) is 13.1.